The maximum atomic E-state index is 13.3. The number of hydrogen-bond acceptors (Lipinski definition) is 4. The maximum Gasteiger partial charge on any atom is 0.262 e. The maximum absolute atomic E-state index is 13.3. The highest BCUT2D eigenvalue weighted by Crippen LogP contribution is 2.28. The molecule has 0 spiro atoms. The van der Waals surface area contributed by atoms with E-state index in [9.17, 15) is 9.18 Å². The van der Waals surface area contributed by atoms with Gasteiger partial charge in [-0.1, -0.05) is 55.4 Å². The van der Waals surface area contributed by atoms with E-state index in [1.165, 1.54) is 23.9 Å². The Morgan fingerprint density at radius 1 is 1.17 bits per heavy atom. The lowest BCUT2D eigenvalue weighted by molar-refractivity contribution is 0.512. The van der Waals surface area contributed by atoms with E-state index in [4.69, 9.17) is 11.6 Å². The number of fused-ring (bicyclic) bond motifs is 3. The van der Waals surface area contributed by atoms with Crippen LogP contribution in [0.2, 0.25) is 5.02 Å². The smallest absolute Gasteiger partial charge is 0.262 e. The number of rotatable bonds is 6. The zero-order valence-corrected chi connectivity index (χ0v) is 17.7. The van der Waals surface area contributed by atoms with E-state index in [0.29, 0.717) is 39.6 Å². The average molecular weight is 431 g/mol. The number of aryl methyl sites for hydroxylation is 1. The summed E-state index contributed by atoms with van der Waals surface area (Å²) in [6.07, 6.45) is 0.869. The Morgan fingerprint density at radius 2 is 1.97 bits per heavy atom. The molecule has 5 nitrogen and oxygen atoms in total. The van der Waals surface area contributed by atoms with Gasteiger partial charge in [-0.2, -0.15) is 0 Å². The van der Waals surface area contributed by atoms with Gasteiger partial charge in [-0.15, -0.1) is 10.2 Å². The monoisotopic (exact) mass is 430 g/mol. The predicted octanol–water partition coefficient (Wildman–Crippen LogP) is 5.18. The van der Waals surface area contributed by atoms with Gasteiger partial charge in [0.2, 0.25) is 5.78 Å². The molecule has 2 aromatic heterocycles. The Hall–Kier alpha value is -2.38. The number of benzene rings is 2. The van der Waals surface area contributed by atoms with Gasteiger partial charge >= 0.3 is 0 Å². The van der Waals surface area contributed by atoms with Gasteiger partial charge < -0.3 is 0 Å². The molecule has 0 radical (unpaired) electrons. The molecule has 0 fully saturated rings. The average Bonchev–Trinajstić information content (AvgIpc) is 3.11. The summed E-state index contributed by atoms with van der Waals surface area (Å²) in [5, 5.41) is 10.3. The Bertz CT molecular complexity index is 1250. The molecule has 0 aliphatic carbocycles. The van der Waals surface area contributed by atoms with Crippen molar-refractivity contribution in [1.29, 1.82) is 0 Å². The third kappa shape index (κ3) is 3.89. The molecule has 0 aliphatic heterocycles. The minimum Gasteiger partial charge on any atom is -0.276 e. The highest BCUT2D eigenvalue weighted by atomic mass is 35.5. The van der Waals surface area contributed by atoms with Crippen LogP contribution in [0, 0.1) is 11.7 Å². The first-order chi connectivity index (χ1) is 14.0. The summed E-state index contributed by atoms with van der Waals surface area (Å²) in [5.41, 5.74) is 1.53. The largest absolute Gasteiger partial charge is 0.276 e. The Morgan fingerprint density at radius 3 is 2.72 bits per heavy atom. The lowest BCUT2D eigenvalue weighted by Gasteiger charge is -2.12. The van der Waals surface area contributed by atoms with Gasteiger partial charge in [0.1, 0.15) is 5.82 Å². The van der Waals surface area contributed by atoms with E-state index < -0.39 is 0 Å². The number of halogens is 2. The molecule has 0 saturated carbocycles. The minimum absolute atomic E-state index is 0.0562. The first kappa shape index (κ1) is 19.9. The summed E-state index contributed by atoms with van der Waals surface area (Å²) in [7, 11) is 0. The lowest BCUT2D eigenvalue weighted by Crippen LogP contribution is -2.24. The van der Waals surface area contributed by atoms with Gasteiger partial charge in [-0.3, -0.25) is 13.8 Å². The zero-order chi connectivity index (χ0) is 20.5. The van der Waals surface area contributed by atoms with Gasteiger partial charge in [-0.05, 0) is 42.2 Å². The topological polar surface area (TPSA) is 52.2 Å². The number of hydrogen-bond donors (Lipinski definition) is 0. The molecule has 4 aromatic rings. The highest BCUT2D eigenvalue weighted by molar-refractivity contribution is 7.98. The van der Waals surface area contributed by atoms with Crippen LogP contribution in [0.4, 0.5) is 4.39 Å². The molecule has 0 saturated heterocycles. The van der Waals surface area contributed by atoms with Crippen LogP contribution in [0.1, 0.15) is 25.8 Å². The third-order valence-corrected chi connectivity index (χ3v) is 6.11. The molecule has 2 aromatic carbocycles. The number of thioether (sulfide) groups is 1. The molecule has 29 heavy (non-hydrogen) atoms. The second kappa shape index (κ2) is 8.16. The highest BCUT2D eigenvalue weighted by Gasteiger charge is 2.17. The van der Waals surface area contributed by atoms with Gasteiger partial charge in [0.05, 0.1) is 10.9 Å². The van der Waals surface area contributed by atoms with Gasteiger partial charge in [0.15, 0.2) is 5.16 Å². The lowest BCUT2D eigenvalue weighted by atomic mass is 10.1. The molecule has 0 bridgehead atoms. The third-order valence-electron chi connectivity index (χ3n) is 4.78. The van der Waals surface area contributed by atoms with Gasteiger partial charge in [0, 0.05) is 17.3 Å². The molecule has 0 aliphatic rings. The van der Waals surface area contributed by atoms with Crippen molar-refractivity contribution in [3.05, 3.63) is 69.2 Å². The van der Waals surface area contributed by atoms with Crippen molar-refractivity contribution in [3.8, 4) is 0 Å². The molecule has 0 atom stereocenters. The number of aromatic nitrogens is 4. The van der Waals surface area contributed by atoms with Crippen LogP contribution in [0.5, 0.6) is 0 Å². The molecule has 4 rings (SSSR count). The van der Waals surface area contributed by atoms with Crippen molar-refractivity contribution in [2.24, 2.45) is 5.92 Å². The van der Waals surface area contributed by atoms with Crippen LogP contribution >= 0.6 is 23.4 Å². The van der Waals surface area contributed by atoms with E-state index in [0.717, 1.165) is 17.5 Å². The molecule has 8 heteroatoms. The normalized spacial score (nSPS) is 11.8. The number of para-hydroxylation sites is 1. The predicted molar refractivity (Wildman–Crippen MR) is 115 cm³/mol. The van der Waals surface area contributed by atoms with E-state index >= 15 is 0 Å². The van der Waals surface area contributed by atoms with Crippen LogP contribution in [-0.2, 0) is 12.3 Å². The van der Waals surface area contributed by atoms with Crippen LogP contribution in [0.3, 0.4) is 0 Å². The van der Waals surface area contributed by atoms with Gasteiger partial charge in [-0.25, -0.2) is 4.39 Å². The van der Waals surface area contributed by atoms with Crippen molar-refractivity contribution in [2.45, 2.75) is 37.7 Å². The zero-order valence-electron chi connectivity index (χ0n) is 16.1. The quantitative estimate of drug-likeness (QED) is 0.396. The van der Waals surface area contributed by atoms with E-state index in [1.54, 1.807) is 10.6 Å². The summed E-state index contributed by atoms with van der Waals surface area (Å²) in [5.74, 6) is 1.14. The van der Waals surface area contributed by atoms with Crippen LogP contribution < -0.4 is 5.56 Å². The standard InChI is InChI=1S/C21H20ClFN4OS/c1-13(2)9-10-26-19(28)16-5-3-4-6-18(16)27-20(26)24-25-21(27)29-12-14-7-8-15(23)11-17(14)22/h3-8,11,13H,9-10,12H2,1-2H3. The van der Waals surface area contributed by atoms with Crippen molar-refractivity contribution in [3.63, 3.8) is 0 Å². The summed E-state index contributed by atoms with van der Waals surface area (Å²) in [6.45, 7) is 4.83. The van der Waals surface area contributed by atoms with E-state index in [2.05, 4.69) is 24.0 Å². The summed E-state index contributed by atoms with van der Waals surface area (Å²) in [6, 6.07) is 11.8. The Balaban J connectivity index is 1.80. The van der Waals surface area contributed by atoms with Crippen molar-refractivity contribution in [1.82, 2.24) is 19.2 Å². The Labute approximate surface area is 176 Å². The van der Waals surface area contributed by atoms with Gasteiger partial charge in [0.25, 0.3) is 5.56 Å². The SMILES string of the molecule is CC(C)CCn1c(=O)c2ccccc2n2c(SCc3ccc(F)cc3Cl)nnc12. The van der Waals surface area contributed by atoms with E-state index in [1.807, 2.05) is 28.7 Å². The van der Waals surface area contributed by atoms with Crippen LogP contribution in [0.25, 0.3) is 16.7 Å². The fourth-order valence-electron chi connectivity index (χ4n) is 3.20. The minimum atomic E-state index is -0.364. The molecule has 0 unspecified atom stereocenters. The van der Waals surface area contributed by atoms with Crippen molar-refractivity contribution in [2.75, 3.05) is 0 Å². The number of nitrogens with zero attached hydrogens (tertiary/aromatic N) is 4. The summed E-state index contributed by atoms with van der Waals surface area (Å²) >= 11 is 7.61. The molecular formula is C21H20ClFN4OS. The second-order valence-corrected chi connectivity index (χ2v) is 8.65. The first-order valence-electron chi connectivity index (χ1n) is 9.39. The van der Waals surface area contributed by atoms with Crippen molar-refractivity contribution < 1.29 is 4.39 Å². The molecule has 0 amide bonds. The fraction of sp³-hybridized carbons (Fsp3) is 0.286. The Kier molecular flexibility index (Phi) is 5.61. The molecule has 150 valence electrons. The van der Waals surface area contributed by atoms with Crippen LogP contribution in [0.15, 0.2) is 52.4 Å². The molecule has 2 heterocycles. The fourth-order valence-corrected chi connectivity index (χ4v) is 4.45. The summed E-state index contributed by atoms with van der Waals surface area (Å²) < 4.78 is 16.9. The first-order valence-corrected chi connectivity index (χ1v) is 10.8. The second-order valence-electron chi connectivity index (χ2n) is 7.30. The van der Waals surface area contributed by atoms with E-state index in [-0.39, 0.29) is 11.4 Å². The van der Waals surface area contributed by atoms with Crippen molar-refractivity contribution >= 4 is 40.0 Å². The van der Waals surface area contributed by atoms with Crippen LogP contribution in [-0.4, -0.2) is 19.2 Å². The molecular weight excluding hydrogens is 411 g/mol. The summed E-state index contributed by atoms with van der Waals surface area (Å²) in [4.78, 5) is 13.0. The molecule has 0 N–H and O–H groups in total.